The first-order valence-electron chi connectivity index (χ1n) is 7.24. The topological polar surface area (TPSA) is 89.3 Å². The Morgan fingerprint density at radius 2 is 1.83 bits per heavy atom. The highest BCUT2D eigenvalue weighted by Gasteiger charge is 2.22. The van der Waals surface area contributed by atoms with E-state index in [0.717, 1.165) is 24.7 Å². The number of hydrogen-bond acceptors (Lipinski definition) is 5. The summed E-state index contributed by atoms with van der Waals surface area (Å²) in [4.78, 5) is 9.96. The monoisotopic (exact) mass is 368 g/mol. The van der Waals surface area contributed by atoms with E-state index in [1.807, 2.05) is 24.3 Å². The molecule has 0 unspecified atom stereocenters. The molecule has 2 aromatic rings. The van der Waals surface area contributed by atoms with Gasteiger partial charge in [-0.15, -0.1) is 0 Å². The van der Waals surface area contributed by atoms with E-state index >= 15 is 0 Å². The largest absolute Gasteiger partial charge is 0.385 e. The second-order valence-electron chi connectivity index (χ2n) is 5.37. The maximum absolute atomic E-state index is 11.7. The molecule has 24 heavy (non-hydrogen) atoms. The summed E-state index contributed by atoms with van der Waals surface area (Å²) in [5, 5.41) is 14.7. The van der Waals surface area contributed by atoms with Gasteiger partial charge in [0, 0.05) is 29.6 Å². The van der Waals surface area contributed by atoms with Crippen molar-refractivity contribution >= 4 is 32.8 Å². The Bertz CT molecular complexity index is 836. The highest BCUT2D eigenvalue weighted by Crippen LogP contribution is 2.27. The Labute approximate surface area is 145 Å². The molecule has 0 radical (unpaired) electrons. The molecule has 8 heteroatoms. The van der Waals surface area contributed by atoms with Crippen molar-refractivity contribution < 1.29 is 13.3 Å². The van der Waals surface area contributed by atoms with Crippen molar-refractivity contribution in [3.05, 3.63) is 63.2 Å². The third kappa shape index (κ3) is 4.94. The lowest BCUT2D eigenvalue weighted by Gasteiger charge is -2.08. The first kappa shape index (κ1) is 18.2. The Hall–Kier alpha value is -2.12. The molecule has 0 aliphatic rings. The summed E-state index contributed by atoms with van der Waals surface area (Å²) in [5.41, 5.74) is 1.28. The summed E-state index contributed by atoms with van der Waals surface area (Å²) in [6, 6.07) is 11.6. The molecule has 0 heterocycles. The van der Waals surface area contributed by atoms with Gasteiger partial charge >= 0.3 is 0 Å². The van der Waals surface area contributed by atoms with E-state index < -0.39 is 20.4 Å². The first-order valence-corrected chi connectivity index (χ1v) is 9.51. The van der Waals surface area contributed by atoms with Gasteiger partial charge in [-0.3, -0.25) is 10.1 Å². The zero-order valence-electron chi connectivity index (χ0n) is 13.0. The number of rotatable bonds is 7. The molecule has 0 amide bonds. The van der Waals surface area contributed by atoms with Gasteiger partial charge in [-0.1, -0.05) is 23.7 Å². The Morgan fingerprint density at radius 1 is 1.17 bits per heavy atom. The van der Waals surface area contributed by atoms with Gasteiger partial charge < -0.3 is 5.32 Å². The van der Waals surface area contributed by atoms with Crippen LogP contribution in [0, 0.1) is 10.1 Å². The highest BCUT2D eigenvalue weighted by molar-refractivity contribution is 7.90. The van der Waals surface area contributed by atoms with E-state index in [-0.39, 0.29) is 4.90 Å². The summed E-state index contributed by atoms with van der Waals surface area (Å²) in [7, 11) is -3.67. The minimum Gasteiger partial charge on any atom is -0.385 e. The zero-order valence-corrected chi connectivity index (χ0v) is 14.6. The Balaban J connectivity index is 2.00. The van der Waals surface area contributed by atoms with Gasteiger partial charge in [0.05, 0.1) is 4.92 Å². The number of nitro groups is 1. The van der Waals surface area contributed by atoms with Crippen LogP contribution in [0.25, 0.3) is 0 Å². The van der Waals surface area contributed by atoms with Crippen LogP contribution in [0.15, 0.2) is 47.4 Å². The number of nitrogens with zero attached hydrogens (tertiary/aromatic N) is 1. The van der Waals surface area contributed by atoms with Gasteiger partial charge in [0.2, 0.25) is 0 Å². The maximum atomic E-state index is 11.7. The number of sulfone groups is 1. The maximum Gasteiger partial charge on any atom is 0.288 e. The lowest BCUT2D eigenvalue weighted by atomic mass is 10.1. The molecule has 0 aliphatic heterocycles. The van der Waals surface area contributed by atoms with Crippen LogP contribution in [-0.4, -0.2) is 26.1 Å². The van der Waals surface area contributed by atoms with Crippen molar-refractivity contribution in [2.45, 2.75) is 17.7 Å². The van der Waals surface area contributed by atoms with Crippen molar-refractivity contribution in [3.63, 3.8) is 0 Å². The average molecular weight is 369 g/mol. The minimum absolute atomic E-state index is 0.282. The smallest absolute Gasteiger partial charge is 0.288 e. The molecule has 6 nitrogen and oxygen atoms in total. The van der Waals surface area contributed by atoms with E-state index in [1.165, 1.54) is 18.2 Å². The standard InChI is InChI=1S/C16H17ClN2O4S/c1-24(22,23)16-11-14(8-9-15(16)19(20)21)18-10-2-3-12-4-6-13(17)7-5-12/h4-9,11,18H,2-3,10H2,1H3. The van der Waals surface area contributed by atoms with Crippen LogP contribution in [0.5, 0.6) is 0 Å². The number of aryl methyl sites for hydroxylation is 1. The van der Waals surface area contributed by atoms with Gasteiger partial charge in [-0.05, 0) is 42.7 Å². The van der Waals surface area contributed by atoms with Crippen LogP contribution in [0.4, 0.5) is 11.4 Å². The van der Waals surface area contributed by atoms with Crippen molar-refractivity contribution in [1.82, 2.24) is 0 Å². The molecule has 0 aromatic heterocycles. The number of halogens is 1. The van der Waals surface area contributed by atoms with Gasteiger partial charge in [0.15, 0.2) is 9.84 Å². The van der Waals surface area contributed by atoms with Crippen LogP contribution in [0.2, 0.25) is 5.02 Å². The van der Waals surface area contributed by atoms with E-state index in [0.29, 0.717) is 17.3 Å². The fourth-order valence-electron chi connectivity index (χ4n) is 2.25. The molecule has 0 fully saturated rings. The quantitative estimate of drug-likeness (QED) is 0.457. The molecule has 1 N–H and O–H groups in total. The van der Waals surface area contributed by atoms with E-state index in [2.05, 4.69) is 5.32 Å². The summed E-state index contributed by atoms with van der Waals surface area (Å²) in [5.74, 6) is 0. The average Bonchev–Trinajstić information content (AvgIpc) is 2.52. The Kier molecular flexibility index (Phi) is 5.80. The van der Waals surface area contributed by atoms with Crippen LogP contribution < -0.4 is 5.32 Å². The number of anilines is 1. The predicted octanol–water partition coefficient (Wildman–Crippen LogP) is 3.70. The first-order chi connectivity index (χ1) is 11.3. The summed E-state index contributed by atoms with van der Waals surface area (Å²) < 4.78 is 23.4. The van der Waals surface area contributed by atoms with E-state index in [9.17, 15) is 18.5 Å². The van der Waals surface area contributed by atoms with Crippen LogP contribution in [-0.2, 0) is 16.3 Å². The summed E-state index contributed by atoms with van der Waals surface area (Å²) >= 11 is 5.83. The van der Waals surface area contributed by atoms with Crippen molar-refractivity contribution in [2.75, 3.05) is 18.1 Å². The SMILES string of the molecule is CS(=O)(=O)c1cc(NCCCc2ccc(Cl)cc2)ccc1[N+](=O)[O-]. The predicted molar refractivity (Wildman–Crippen MR) is 94.5 cm³/mol. The summed E-state index contributed by atoms with van der Waals surface area (Å²) in [6.45, 7) is 0.615. The number of nitro benzene ring substituents is 1. The molecule has 0 bridgehead atoms. The summed E-state index contributed by atoms with van der Waals surface area (Å²) in [6.07, 6.45) is 2.63. The molecule has 0 spiro atoms. The van der Waals surface area contributed by atoms with E-state index in [4.69, 9.17) is 11.6 Å². The number of hydrogen-bond donors (Lipinski definition) is 1. The van der Waals surface area contributed by atoms with Crippen LogP contribution in [0.1, 0.15) is 12.0 Å². The van der Waals surface area contributed by atoms with Crippen molar-refractivity contribution in [3.8, 4) is 0 Å². The third-order valence-corrected chi connectivity index (χ3v) is 4.82. The fourth-order valence-corrected chi connectivity index (χ4v) is 3.24. The molecule has 0 aliphatic carbocycles. The van der Waals surface area contributed by atoms with Gasteiger partial charge in [-0.2, -0.15) is 0 Å². The number of benzene rings is 2. The second kappa shape index (κ2) is 7.63. The number of nitrogens with one attached hydrogen (secondary N) is 1. The van der Waals surface area contributed by atoms with Crippen molar-refractivity contribution in [1.29, 1.82) is 0 Å². The molecular weight excluding hydrogens is 352 g/mol. The van der Waals surface area contributed by atoms with Gasteiger partial charge in [0.25, 0.3) is 5.69 Å². The van der Waals surface area contributed by atoms with Crippen molar-refractivity contribution in [2.24, 2.45) is 0 Å². The normalized spacial score (nSPS) is 11.2. The fraction of sp³-hybridized carbons (Fsp3) is 0.250. The van der Waals surface area contributed by atoms with Crippen LogP contribution >= 0.6 is 11.6 Å². The van der Waals surface area contributed by atoms with Gasteiger partial charge in [-0.25, -0.2) is 8.42 Å². The van der Waals surface area contributed by atoms with E-state index in [1.54, 1.807) is 0 Å². The third-order valence-electron chi connectivity index (χ3n) is 3.44. The lowest BCUT2D eigenvalue weighted by molar-refractivity contribution is -0.387. The molecule has 2 aromatic carbocycles. The lowest BCUT2D eigenvalue weighted by Crippen LogP contribution is -2.06. The highest BCUT2D eigenvalue weighted by atomic mass is 35.5. The minimum atomic E-state index is -3.67. The molecule has 0 saturated carbocycles. The van der Waals surface area contributed by atoms with Crippen LogP contribution in [0.3, 0.4) is 0 Å². The molecule has 0 atom stereocenters. The molecule has 2 rings (SSSR count). The zero-order chi connectivity index (χ0) is 17.7. The second-order valence-corrected chi connectivity index (χ2v) is 7.79. The molecule has 128 valence electrons. The Morgan fingerprint density at radius 3 is 2.42 bits per heavy atom. The molecule has 0 saturated heterocycles. The molecular formula is C16H17ClN2O4S. The van der Waals surface area contributed by atoms with Gasteiger partial charge in [0.1, 0.15) is 4.90 Å².